The predicted molar refractivity (Wildman–Crippen MR) is 57.2 cm³/mol. The van der Waals surface area contributed by atoms with Gasteiger partial charge in [0.05, 0.1) is 0 Å². The molecule has 0 nitrogen and oxygen atoms in total. The van der Waals surface area contributed by atoms with E-state index in [9.17, 15) is 4.39 Å². The van der Waals surface area contributed by atoms with Crippen molar-refractivity contribution >= 4 is 15.9 Å². The fourth-order valence-electron chi connectivity index (χ4n) is 1.21. The highest BCUT2D eigenvalue weighted by Crippen LogP contribution is 2.16. The van der Waals surface area contributed by atoms with Crippen molar-refractivity contribution < 1.29 is 4.39 Å². The highest BCUT2D eigenvalue weighted by Gasteiger charge is 1.98. The molecule has 0 fully saturated rings. The van der Waals surface area contributed by atoms with Crippen molar-refractivity contribution in [2.75, 3.05) is 0 Å². The molecule has 70 valence electrons. The Balaban J connectivity index is 2.60. The van der Waals surface area contributed by atoms with Gasteiger partial charge >= 0.3 is 0 Å². The smallest absolute Gasteiger partial charge is 0.124 e. The molecule has 0 amide bonds. The molecule has 0 aliphatic rings. The molecule has 2 heteroatoms. The van der Waals surface area contributed by atoms with E-state index in [-0.39, 0.29) is 5.82 Å². The van der Waals surface area contributed by atoms with Gasteiger partial charge in [0.15, 0.2) is 0 Å². The number of hydrogen-bond acceptors (Lipinski definition) is 0. The molecule has 13 heavy (non-hydrogen) atoms. The molecule has 0 aromatic heterocycles. The lowest BCUT2D eigenvalue weighted by atomic mass is 10.1. The summed E-state index contributed by atoms with van der Waals surface area (Å²) < 4.78 is 13.7. The molecule has 0 unspecified atom stereocenters. The van der Waals surface area contributed by atoms with Crippen LogP contribution in [0.4, 0.5) is 4.39 Å². The third-order valence-electron chi connectivity index (χ3n) is 1.80. The van der Waals surface area contributed by atoms with Crippen molar-refractivity contribution in [3.05, 3.63) is 46.7 Å². The summed E-state index contributed by atoms with van der Waals surface area (Å²) in [6.07, 6.45) is 4.80. The summed E-state index contributed by atoms with van der Waals surface area (Å²) in [5, 5.41) is 0. The highest BCUT2D eigenvalue weighted by atomic mass is 79.9. The SMILES string of the molecule is C=CCCCc1cc(F)cc(Br)c1. The lowest BCUT2D eigenvalue weighted by molar-refractivity contribution is 0.623. The van der Waals surface area contributed by atoms with Crippen LogP contribution in [-0.4, -0.2) is 0 Å². The first-order valence-electron chi connectivity index (χ1n) is 4.28. The van der Waals surface area contributed by atoms with Crippen LogP contribution in [0.15, 0.2) is 35.3 Å². The molecule has 0 bridgehead atoms. The van der Waals surface area contributed by atoms with Gasteiger partial charge < -0.3 is 0 Å². The van der Waals surface area contributed by atoms with Crippen LogP contribution in [0.1, 0.15) is 18.4 Å². The van der Waals surface area contributed by atoms with Crippen molar-refractivity contribution in [1.82, 2.24) is 0 Å². The number of hydrogen-bond donors (Lipinski definition) is 0. The molecular formula is C11H12BrF. The largest absolute Gasteiger partial charge is 0.207 e. The van der Waals surface area contributed by atoms with Crippen LogP contribution in [-0.2, 0) is 6.42 Å². The summed E-state index contributed by atoms with van der Waals surface area (Å²) in [4.78, 5) is 0. The summed E-state index contributed by atoms with van der Waals surface area (Å²) in [5.41, 5.74) is 1.04. The first-order valence-corrected chi connectivity index (χ1v) is 5.07. The van der Waals surface area contributed by atoms with E-state index in [2.05, 4.69) is 22.5 Å². The number of benzene rings is 1. The Kier molecular flexibility index (Phi) is 4.16. The molecule has 0 spiro atoms. The van der Waals surface area contributed by atoms with Crippen LogP contribution < -0.4 is 0 Å². The second-order valence-corrected chi connectivity index (χ2v) is 3.87. The van der Waals surface area contributed by atoms with Gasteiger partial charge in [-0.25, -0.2) is 4.39 Å². The van der Waals surface area contributed by atoms with Crippen LogP contribution in [0.5, 0.6) is 0 Å². The Bertz CT molecular complexity index is 274. The molecule has 0 atom stereocenters. The minimum absolute atomic E-state index is 0.178. The van der Waals surface area contributed by atoms with Gasteiger partial charge in [0.1, 0.15) is 5.82 Å². The van der Waals surface area contributed by atoms with E-state index >= 15 is 0 Å². The number of rotatable bonds is 4. The Labute approximate surface area is 86.6 Å². The Hall–Kier alpha value is -0.630. The molecule has 0 N–H and O–H groups in total. The van der Waals surface area contributed by atoms with Crippen molar-refractivity contribution in [3.63, 3.8) is 0 Å². The molecule has 1 aromatic rings. The van der Waals surface area contributed by atoms with Gasteiger partial charge in [-0.1, -0.05) is 22.0 Å². The van der Waals surface area contributed by atoms with E-state index in [4.69, 9.17) is 0 Å². The van der Waals surface area contributed by atoms with Crippen LogP contribution in [0.2, 0.25) is 0 Å². The maximum absolute atomic E-state index is 12.9. The highest BCUT2D eigenvalue weighted by molar-refractivity contribution is 9.10. The standard InChI is InChI=1S/C11H12BrF/c1-2-3-4-5-9-6-10(12)8-11(13)7-9/h2,6-8H,1,3-5H2. The molecule has 0 aliphatic heterocycles. The summed E-state index contributed by atoms with van der Waals surface area (Å²) in [5.74, 6) is -0.178. The summed E-state index contributed by atoms with van der Waals surface area (Å²) >= 11 is 3.26. The quantitative estimate of drug-likeness (QED) is 0.551. The molecule has 0 saturated heterocycles. The number of aryl methyl sites for hydroxylation is 1. The van der Waals surface area contributed by atoms with E-state index < -0.39 is 0 Å². The zero-order chi connectivity index (χ0) is 9.68. The lowest BCUT2D eigenvalue weighted by Crippen LogP contribution is -1.86. The zero-order valence-corrected chi connectivity index (χ0v) is 8.98. The Morgan fingerprint density at radius 3 is 2.77 bits per heavy atom. The predicted octanol–water partition coefficient (Wildman–Crippen LogP) is 4.10. The molecule has 1 aromatic carbocycles. The fraction of sp³-hybridized carbons (Fsp3) is 0.273. The lowest BCUT2D eigenvalue weighted by Gasteiger charge is -2.00. The Morgan fingerprint density at radius 2 is 2.15 bits per heavy atom. The molecule has 0 radical (unpaired) electrons. The second-order valence-electron chi connectivity index (χ2n) is 2.96. The minimum Gasteiger partial charge on any atom is -0.207 e. The summed E-state index contributed by atoms with van der Waals surface area (Å²) in [6.45, 7) is 3.64. The molecule has 0 heterocycles. The van der Waals surface area contributed by atoms with Crippen LogP contribution in [0.25, 0.3) is 0 Å². The molecule has 0 saturated carbocycles. The van der Waals surface area contributed by atoms with E-state index in [1.165, 1.54) is 6.07 Å². The number of halogens is 2. The number of unbranched alkanes of at least 4 members (excludes halogenated alkanes) is 1. The minimum atomic E-state index is -0.178. The first kappa shape index (κ1) is 10.5. The van der Waals surface area contributed by atoms with Gasteiger partial charge in [-0.3, -0.25) is 0 Å². The van der Waals surface area contributed by atoms with Gasteiger partial charge in [0.2, 0.25) is 0 Å². The van der Waals surface area contributed by atoms with Crippen molar-refractivity contribution in [2.45, 2.75) is 19.3 Å². The van der Waals surface area contributed by atoms with Gasteiger partial charge in [0, 0.05) is 4.47 Å². The molecule has 1 rings (SSSR count). The average molecular weight is 243 g/mol. The summed E-state index contributed by atoms with van der Waals surface area (Å²) in [7, 11) is 0. The van der Waals surface area contributed by atoms with E-state index in [1.54, 1.807) is 6.07 Å². The second kappa shape index (κ2) is 5.18. The van der Waals surface area contributed by atoms with E-state index in [0.717, 1.165) is 29.3 Å². The fourth-order valence-corrected chi connectivity index (χ4v) is 1.72. The molecular weight excluding hydrogens is 231 g/mol. The van der Waals surface area contributed by atoms with Crippen molar-refractivity contribution in [2.24, 2.45) is 0 Å². The average Bonchev–Trinajstić information content (AvgIpc) is 2.03. The van der Waals surface area contributed by atoms with Gasteiger partial charge in [0.25, 0.3) is 0 Å². The normalized spacial score (nSPS) is 10.0. The van der Waals surface area contributed by atoms with Crippen molar-refractivity contribution in [3.8, 4) is 0 Å². The third kappa shape index (κ3) is 3.73. The van der Waals surface area contributed by atoms with Crippen LogP contribution in [0, 0.1) is 5.82 Å². The third-order valence-corrected chi connectivity index (χ3v) is 2.25. The van der Waals surface area contributed by atoms with Gasteiger partial charge in [-0.2, -0.15) is 0 Å². The topological polar surface area (TPSA) is 0 Å². The van der Waals surface area contributed by atoms with Crippen LogP contribution in [0.3, 0.4) is 0 Å². The maximum atomic E-state index is 12.9. The van der Waals surface area contributed by atoms with Gasteiger partial charge in [-0.05, 0) is 43.0 Å². The van der Waals surface area contributed by atoms with Gasteiger partial charge in [-0.15, -0.1) is 6.58 Å². The monoisotopic (exact) mass is 242 g/mol. The number of allylic oxidation sites excluding steroid dienone is 1. The zero-order valence-electron chi connectivity index (χ0n) is 7.39. The first-order chi connectivity index (χ1) is 6.22. The van der Waals surface area contributed by atoms with Crippen molar-refractivity contribution in [1.29, 1.82) is 0 Å². The van der Waals surface area contributed by atoms with E-state index in [1.807, 2.05) is 12.1 Å². The van der Waals surface area contributed by atoms with Crippen LogP contribution >= 0.6 is 15.9 Å². The maximum Gasteiger partial charge on any atom is 0.124 e. The molecule has 0 aliphatic carbocycles. The van der Waals surface area contributed by atoms with E-state index in [0.29, 0.717) is 0 Å². The summed E-state index contributed by atoms with van der Waals surface area (Å²) in [6, 6.07) is 5.00. The Morgan fingerprint density at radius 1 is 1.38 bits per heavy atom.